The minimum Gasteiger partial charge on any atom is -0.497 e. The minimum atomic E-state index is 0.595. The predicted octanol–water partition coefficient (Wildman–Crippen LogP) is 2.24. The summed E-state index contributed by atoms with van der Waals surface area (Å²) in [6.07, 6.45) is 2.63. The molecule has 0 aliphatic carbocycles. The highest BCUT2D eigenvalue weighted by Gasteiger charge is 2.03. The van der Waals surface area contributed by atoms with E-state index in [1.54, 1.807) is 13.3 Å². The van der Waals surface area contributed by atoms with E-state index in [1.807, 2.05) is 26.0 Å². The van der Waals surface area contributed by atoms with Gasteiger partial charge in [-0.1, -0.05) is 6.92 Å². The molecule has 19 heavy (non-hydrogen) atoms. The Labute approximate surface area is 113 Å². The summed E-state index contributed by atoms with van der Waals surface area (Å²) < 4.78 is 10.7. The molecule has 0 radical (unpaired) electrons. The SMILES string of the molecule is CCc1cnc(CNCc2cc(OC)cc(C)n2)o1. The summed E-state index contributed by atoms with van der Waals surface area (Å²) in [5.74, 6) is 2.44. The van der Waals surface area contributed by atoms with Crippen LogP contribution in [-0.2, 0) is 19.5 Å². The molecule has 0 saturated heterocycles. The van der Waals surface area contributed by atoms with Gasteiger partial charge in [0.25, 0.3) is 0 Å². The first-order chi connectivity index (χ1) is 9.21. The van der Waals surface area contributed by atoms with Gasteiger partial charge in [-0.05, 0) is 6.92 Å². The number of hydrogen-bond acceptors (Lipinski definition) is 5. The maximum absolute atomic E-state index is 5.52. The molecule has 5 nitrogen and oxygen atoms in total. The van der Waals surface area contributed by atoms with Gasteiger partial charge < -0.3 is 14.5 Å². The van der Waals surface area contributed by atoms with Gasteiger partial charge >= 0.3 is 0 Å². The Hall–Kier alpha value is -1.88. The second-order valence-electron chi connectivity index (χ2n) is 4.32. The number of oxazole rings is 1. The van der Waals surface area contributed by atoms with Gasteiger partial charge in [0.2, 0.25) is 5.89 Å². The van der Waals surface area contributed by atoms with Gasteiger partial charge in [-0.2, -0.15) is 0 Å². The molecule has 2 rings (SSSR count). The van der Waals surface area contributed by atoms with Crippen molar-refractivity contribution in [3.63, 3.8) is 0 Å². The van der Waals surface area contributed by atoms with Crippen LogP contribution in [0.15, 0.2) is 22.7 Å². The average molecular weight is 261 g/mol. The van der Waals surface area contributed by atoms with E-state index in [1.165, 1.54) is 0 Å². The number of methoxy groups -OCH3 is 1. The Morgan fingerprint density at radius 1 is 1.32 bits per heavy atom. The van der Waals surface area contributed by atoms with Crippen molar-refractivity contribution in [1.82, 2.24) is 15.3 Å². The Balaban J connectivity index is 1.90. The summed E-state index contributed by atoms with van der Waals surface area (Å²) in [6, 6.07) is 3.83. The van der Waals surface area contributed by atoms with Crippen LogP contribution in [0, 0.1) is 6.92 Å². The summed E-state index contributed by atoms with van der Waals surface area (Å²) in [6.45, 7) is 5.24. The fourth-order valence-corrected chi connectivity index (χ4v) is 1.80. The molecule has 0 fully saturated rings. The monoisotopic (exact) mass is 261 g/mol. The van der Waals surface area contributed by atoms with Crippen molar-refractivity contribution in [2.45, 2.75) is 33.4 Å². The number of nitrogens with zero attached hydrogens (tertiary/aromatic N) is 2. The maximum Gasteiger partial charge on any atom is 0.208 e. The van der Waals surface area contributed by atoms with Gasteiger partial charge in [-0.15, -0.1) is 0 Å². The summed E-state index contributed by atoms with van der Waals surface area (Å²) in [7, 11) is 1.66. The molecular weight excluding hydrogens is 242 g/mol. The average Bonchev–Trinajstić information content (AvgIpc) is 2.86. The number of aromatic nitrogens is 2. The largest absolute Gasteiger partial charge is 0.497 e. The van der Waals surface area contributed by atoms with Crippen LogP contribution in [0.4, 0.5) is 0 Å². The van der Waals surface area contributed by atoms with E-state index in [0.29, 0.717) is 19.0 Å². The fraction of sp³-hybridized carbons (Fsp3) is 0.429. The highest BCUT2D eigenvalue weighted by Crippen LogP contribution is 2.13. The molecule has 0 amide bonds. The van der Waals surface area contributed by atoms with Crippen molar-refractivity contribution in [3.8, 4) is 5.75 Å². The van der Waals surface area contributed by atoms with Crippen LogP contribution in [0.5, 0.6) is 5.75 Å². The molecule has 0 aromatic carbocycles. The van der Waals surface area contributed by atoms with Crippen LogP contribution < -0.4 is 10.1 Å². The van der Waals surface area contributed by atoms with Gasteiger partial charge in [-0.25, -0.2) is 4.98 Å². The normalized spacial score (nSPS) is 10.7. The van der Waals surface area contributed by atoms with Gasteiger partial charge in [-0.3, -0.25) is 4.98 Å². The molecule has 5 heteroatoms. The smallest absolute Gasteiger partial charge is 0.208 e. The van der Waals surface area contributed by atoms with Crippen LogP contribution in [0.1, 0.15) is 30.0 Å². The lowest BCUT2D eigenvalue weighted by Gasteiger charge is -2.06. The van der Waals surface area contributed by atoms with Crippen molar-refractivity contribution >= 4 is 0 Å². The third-order valence-corrected chi connectivity index (χ3v) is 2.75. The lowest BCUT2D eigenvalue weighted by atomic mass is 10.3. The van der Waals surface area contributed by atoms with Crippen molar-refractivity contribution in [2.75, 3.05) is 7.11 Å². The summed E-state index contributed by atoms with van der Waals surface area (Å²) in [4.78, 5) is 8.64. The molecule has 2 aromatic heterocycles. The Morgan fingerprint density at radius 2 is 2.16 bits per heavy atom. The molecule has 0 bridgehead atoms. The molecule has 0 atom stereocenters. The number of ether oxygens (including phenoxy) is 1. The zero-order chi connectivity index (χ0) is 13.7. The van der Waals surface area contributed by atoms with Gasteiger partial charge in [0.1, 0.15) is 11.5 Å². The molecular formula is C14H19N3O2. The molecule has 0 aliphatic rings. The number of pyridine rings is 1. The Bertz CT molecular complexity index is 537. The molecule has 0 unspecified atom stereocenters. The van der Waals surface area contributed by atoms with E-state index >= 15 is 0 Å². The van der Waals surface area contributed by atoms with Crippen LogP contribution in [-0.4, -0.2) is 17.1 Å². The van der Waals surface area contributed by atoms with Crippen LogP contribution >= 0.6 is 0 Å². The van der Waals surface area contributed by atoms with Crippen molar-refractivity contribution in [2.24, 2.45) is 0 Å². The van der Waals surface area contributed by atoms with Crippen molar-refractivity contribution < 1.29 is 9.15 Å². The van der Waals surface area contributed by atoms with E-state index in [4.69, 9.17) is 9.15 Å². The Morgan fingerprint density at radius 3 is 2.84 bits per heavy atom. The lowest BCUT2D eigenvalue weighted by molar-refractivity contribution is 0.412. The first kappa shape index (κ1) is 13.5. The predicted molar refractivity (Wildman–Crippen MR) is 72.0 cm³/mol. The Kier molecular flexibility index (Phi) is 4.52. The molecule has 1 N–H and O–H groups in total. The summed E-state index contributed by atoms with van der Waals surface area (Å²) >= 11 is 0. The number of aryl methyl sites for hydroxylation is 2. The first-order valence-corrected chi connectivity index (χ1v) is 6.37. The van der Waals surface area contributed by atoms with Gasteiger partial charge in [0, 0.05) is 30.8 Å². The van der Waals surface area contributed by atoms with E-state index in [-0.39, 0.29) is 0 Å². The maximum atomic E-state index is 5.52. The zero-order valence-electron chi connectivity index (χ0n) is 11.6. The highest BCUT2D eigenvalue weighted by atomic mass is 16.5. The molecule has 0 aliphatic heterocycles. The molecule has 102 valence electrons. The van der Waals surface area contributed by atoms with E-state index in [0.717, 1.165) is 29.3 Å². The quantitative estimate of drug-likeness (QED) is 0.864. The van der Waals surface area contributed by atoms with Crippen molar-refractivity contribution in [3.05, 3.63) is 41.4 Å². The third kappa shape index (κ3) is 3.79. The summed E-state index contributed by atoms with van der Waals surface area (Å²) in [5, 5.41) is 3.26. The standard InChI is InChI=1S/C14H19N3O2/c1-4-12-8-16-14(19-12)9-15-7-11-6-13(18-3)5-10(2)17-11/h5-6,8,15H,4,7,9H2,1-3H3. The van der Waals surface area contributed by atoms with Crippen molar-refractivity contribution in [1.29, 1.82) is 0 Å². The number of nitrogens with one attached hydrogen (secondary N) is 1. The molecule has 0 spiro atoms. The van der Waals surface area contributed by atoms with Gasteiger partial charge in [0.15, 0.2) is 0 Å². The first-order valence-electron chi connectivity index (χ1n) is 6.37. The number of rotatable bonds is 6. The molecule has 2 heterocycles. The topological polar surface area (TPSA) is 60.2 Å². The molecule has 2 aromatic rings. The van der Waals surface area contributed by atoms with Crippen LogP contribution in [0.25, 0.3) is 0 Å². The summed E-state index contributed by atoms with van der Waals surface area (Å²) in [5.41, 5.74) is 1.89. The van der Waals surface area contributed by atoms with Gasteiger partial charge in [0.05, 0.1) is 25.5 Å². The van der Waals surface area contributed by atoms with E-state index < -0.39 is 0 Å². The second-order valence-corrected chi connectivity index (χ2v) is 4.32. The second kappa shape index (κ2) is 6.33. The highest BCUT2D eigenvalue weighted by molar-refractivity contribution is 5.26. The number of hydrogen-bond donors (Lipinski definition) is 1. The minimum absolute atomic E-state index is 0.595. The fourth-order valence-electron chi connectivity index (χ4n) is 1.80. The van der Waals surface area contributed by atoms with E-state index in [9.17, 15) is 0 Å². The zero-order valence-corrected chi connectivity index (χ0v) is 11.6. The van der Waals surface area contributed by atoms with Crippen LogP contribution in [0.3, 0.4) is 0 Å². The van der Waals surface area contributed by atoms with Crippen LogP contribution in [0.2, 0.25) is 0 Å². The third-order valence-electron chi connectivity index (χ3n) is 2.75. The van der Waals surface area contributed by atoms with E-state index in [2.05, 4.69) is 15.3 Å². The molecule has 0 saturated carbocycles. The lowest BCUT2D eigenvalue weighted by Crippen LogP contribution is -2.14.